The Morgan fingerprint density at radius 1 is 1.14 bits per heavy atom. The average Bonchev–Trinajstić information content (AvgIpc) is 3.30. The van der Waals surface area contributed by atoms with Crippen molar-refractivity contribution in [3.63, 3.8) is 0 Å². The van der Waals surface area contributed by atoms with Gasteiger partial charge in [-0.15, -0.1) is 0 Å². The SMILES string of the molecule is O=C(COc1ccc2c(c1)OC(=Cc1ccco1)C2=O)Nc1ccccc1F. The average molecular weight is 379 g/mol. The number of hydrogen-bond donors (Lipinski definition) is 1. The van der Waals surface area contributed by atoms with E-state index < -0.39 is 11.7 Å². The Morgan fingerprint density at radius 2 is 2.00 bits per heavy atom. The van der Waals surface area contributed by atoms with Gasteiger partial charge in [0.1, 0.15) is 23.1 Å². The van der Waals surface area contributed by atoms with Gasteiger partial charge in [0, 0.05) is 12.1 Å². The number of hydrogen-bond acceptors (Lipinski definition) is 5. The molecule has 1 aliphatic heterocycles. The van der Waals surface area contributed by atoms with Crippen LogP contribution in [0.2, 0.25) is 0 Å². The molecule has 0 saturated heterocycles. The number of para-hydroxylation sites is 1. The Kier molecular flexibility index (Phi) is 4.63. The molecule has 0 atom stereocenters. The molecular weight excluding hydrogens is 365 g/mol. The highest BCUT2D eigenvalue weighted by molar-refractivity contribution is 6.14. The number of amides is 1. The van der Waals surface area contributed by atoms with E-state index in [9.17, 15) is 14.0 Å². The van der Waals surface area contributed by atoms with E-state index in [0.29, 0.717) is 22.8 Å². The first-order valence-electron chi connectivity index (χ1n) is 8.39. The number of carbonyl (C=O) groups is 2. The number of ether oxygens (including phenoxy) is 2. The van der Waals surface area contributed by atoms with Crippen molar-refractivity contribution < 1.29 is 27.9 Å². The van der Waals surface area contributed by atoms with E-state index in [0.717, 1.165) is 0 Å². The Morgan fingerprint density at radius 3 is 2.79 bits per heavy atom. The third kappa shape index (κ3) is 3.64. The molecule has 1 aliphatic rings. The highest BCUT2D eigenvalue weighted by atomic mass is 19.1. The molecule has 140 valence electrons. The molecule has 1 amide bonds. The summed E-state index contributed by atoms with van der Waals surface area (Å²) in [6.07, 6.45) is 3.00. The molecule has 0 bridgehead atoms. The van der Waals surface area contributed by atoms with Crippen LogP contribution >= 0.6 is 0 Å². The first-order chi connectivity index (χ1) is 13.6. The third-order valence-electron chi connectivity index (χ3n) is 3.98. The van der Waals surface area contributed by atoms with Crippen LogP contribution < -0.4 is 14.8 Å². The van der Waals surface area contributed by atoms with Gasteiger partial charge in [0.25, 0.3) is 5.91 Å². The summed E-state index contributed by atoms with van der Waals surface area (Å²) in [5.41, 5.74) is 0.465. The van der Waals surface area contributed by atoms with Crippen molar-refractivity contribution in [1.29, 1.82) is 0 Å². The largest absolute Gasteiger partial charge is 0.484 e. The van der Waals surface area contributed by atoms with Gasteiger partial charge in [-0.3, -0.25) is 9.59 Å². The number of halogens is 1. The number of anilines is 1. The Balaban J connectivity index is 1.41. The monoisotopic (exact) mass is 379 g/mol. The summed E-state index contributed by atoms with van der Waals surface area (Å²) in [4.78, 5) is 24.3. The second kappa shape index (κ2) is 7.40. The smallest absolute Gasteiger partial charge is 0.262 e. The summed E-state index contributed by atoms with van der Waals surface area (Å²) >= 11 is 0. The lowest BCUT2D eigenvalue weighted by molar-refractivity contribution is -0.118. The van der Waals surface area contributed by atoms with Gasteiger partial charge in [-0.2, -0.15) is 0 Å². The van der Waals surface area contributed by atoms with Crippen molar-refractivity contribution in [3.8, 4) is 11.5 Å². The minimum absolute atomic E-state index is 0.0756. The lowest BCUT2D eigenvalue weighted by atomic mass is 10.1. The maximum absolute atomic E-state index is 13.6. The predicted octanol–water partition coefficient (Wildman–Crippen LogP) is 4.05. The molecule has 6 nitrogen and oxygen atoms in total. The molecule has 1 aromatic heterocycles. The molecular formula is C21H14FNO5. The van der Waals surface area contributed by atoms with Crippen LogP contribution in [0.3, 0.4) is 0 Å². The summed E-state index contributed by atoms with van der Waals surface area (Å²) in [6.45, 7) is -0.323. The molecule has 1 N–H and O–H groups in total. The third-order valence-corrected chi connectivity index (χ3v) is 3.98. The number of Topliss-reactive ketones (excluding diaryl/α,β-unsaturated/α-hetero) is 1. The van der Waals surface area contributed by atoms with E-state index in [1.165, 1.54) is 36.6 Å². The molecule has 4 rings (SSSR count). The van der Waals surface area contributed by atoms with Crippen molar-refractivity contribution in [2.45, 2.75) is 0 Å². The molecule has 0 unspecified atom stereocenters. The van der Waals surface area contributed by atoms with E-state index in [1.54, 1.807) is 30.3 Å². The highest BCUT2D eigenvalue weighted by Crippen LogP contribution is 2.34. The summed E-state index contributed by atoms with van der Waals surface area (Å²) in [6, 6.07) is 13.9. The Bertz CT molecular complexity index is 1070. The zero-order valence-electron chi connectivity index (χ0n) is 14.5. The van der Waals surface area contributed by atoms with E-state index in [-0.39, 0.29) is 23.8 Å². The summed E-state index contributed by atoms with van der Waals surface area (Å²) in [5.74, 6) is -0.00597. The fourth-order valence-electron chi connectivity index (χ4n) is 2.66. The fraction of sp³-hybridized carbons (Fsp3) is 0.0476. The molecule has 0 saturated carbocycles. The molecule has 3 aromatic rings. The molecule has 28 heavy (non-hydrogen) atoms. The minimum Gasteiger partial charge on any atom is -0.484 e. The summed E-state index contributed by atoms with van der Waals surface area (Å²) in [5, 5.41) is 2.43. The number of ketones is 1. The van der Waals surface area contributed by atoms with E-state index in [4.69, 9.17) is 13.9 Å². The number of rotatable bonds is 5. The number of furan rings is 1. The van der Waals surface area contributed by atoms with Crippen molar-refractivity contribution in [2.75, 3.05) is 11.9 Å². The molecule has 0 aliphatic carbocycles. The van der Waals surface area contributed by atoms with Crippen LogP contribution in [0.15, 0.2) is 71.0 Å². The number of benzene rings is 2. The normalized spacial score (nSPS) is 13.9. The minimum atomic E-state index is -0.531. The summed E-state index contributed by atoms with van der Waals surface area (Å²) < 4.78 is 29.7. The number of fused-ring (bicyclic) bond motifs is 1. The Hall–Kier alpha value is -3.87. The van der Waals surface area contributed by atoms with Gasteiger partial charge in [-0.05, 0) is 36.4 Å². The van der Waals surface area contributed by atoms with Gasteiger partial charge in [0.15, 0.2) is 12.4 Å². The van der Waals surface area contributed by atoms with Crippen molar-refractivity contribution in [1.82, 2.24) is 0 Å². The van der Waals surface area contributed by atoms with Crippen molar-refractivity contribution >= 4 is 23.5 Å². The number of allylic oxidation sites excluding steroid dienone is 1. The lowest BCUT2D eigenvalue weighted by Crippen LogP contribution is -2.20. The quantitative estimate of drug-likeness (QED) is 0.677. The predicted molar refractivity (Wildman–Crippen MR) is 98.6 cm³/mol. The van der Waals surface area contributed by atoms with Gasteiger partial charge < -0.3 is 19.2 Å². The van der Waals surface area contributed by atoms with Crippen LogP contribution in [0.25, 0.3) is 6.08 Å². The van der Waals surface area contributed by atoms with Gasteiger partial charge in [0.05, 0.1) is 17.5 Å². The molecule has 2 heterocycles. The van der Waals surface area contributed by atoms with Crippen LogP contribution in [0.1, 0.15) is 16.1 Å². The second-order valence-electron chi connectivity index (χ2n) is 5.93. The van der Waals surface area contributed by atoms with Gasteiger partial charge in [-0.1, -0.05) is 12.1 Å². The van der Waals surface area contributed by atoms with Crippen LogP contribution in [0.5, 0.6) is 11.5 Å². The number of carbonyl (C=O) groups excluding carboxylic acids is 2. The van der Waals surface area contributed by atoms with Gasteiger partial charge >= 0.3 is 0 Å². The standard InChI is InChI=1S/C21H14FNO5/c22-16-5-1-2-6-17(16)23-20(24)12-27-14-7-8-15-18(10-14)28-19(21(15)25)11-13-4-3-9-26-13/h1-11H,12H2,(H,23,24). The highest BCUT2D eigenvalue weighted by Gasteiger charge is 2.28. The van der Waals surface area contributed by atoms with Crippen molar-refractivity contribution in [2.24, 2.45) is 0 Å². The van der Waals surface area contributed by atoms with Crippen LogP contribution in [0, 0.1) is 5.82 Å². The topological polar surface area (TPSA) is 77.8 Å². The lowest BCUT2D eigenvalue weighted by Gasteiger charge is -2.08. The van der Waals surface area contributed by atoms with Gasteiger partial charge in [0.2, 0.25) is 5.78 Å². The molecule has 7 heteroatoms. The molecule has 0 fully saturated rings. The van der Waals surface area contributed by atoms with E-state index in [1.807, 2.05) is 0 Å². The van der Waals surface area contributed by atoms with Crippen LogP contribution in [0.4, 0.5) is 10.1 Å². The first kappa shape index (κ1) is 17.5. The Labute approximate surface area is 159 Å². The number of nitrogens with one attached hydrogen (secondary N) is 1. The maximum atomic E-state index is 13.6. The first-order valence-corrected chi connectivity index (χ1v) is 8.39. The molecule has 2 aromatic carbocycles. The summed E-state index contributed by atoms with van der Waals surface area (Å²) in [7, 11) is 0. The molecule has 0 spiro atoms. The van der Waals surface area contributed by atoms with E-state index in [2.05, 4.69) is 5.32 Å². The van der Waals surface area contributed by atoms with Gasteiger partial charge in [-0.25, -0.2) is 4.39 Å². The molecule has 0 radical (unpaired) electrons. The zero-order valence-corrected chi connectivity index (χ0v) is 14.5. The second-order valence-corrected chi connectivity index (χ2v) is 5.93. The fourth-order valence-corrected chi connectivity index (χ4v) is 2.66. The zero-order chi connectivity index (χ0) is 19.5. The van der Waals surface area contributed by atoms with Crippen molar-refractivity contribution in [3.05, 3.63) is 83.8 Å². The van der Waals surface area contributed by atoms with Crippen LogP contribution in [-0.2, 0) is 4.79 Å². The maximum Gasteiger partial charge on any atom is 0.262 e. The van der Waals surface area contributed by atoms with E-state index >= 15 is 0 Å². The van der Waals surface area contributed by atoms with Crippen LogP contribution in [-0.4, -0.2) is 18.3 Å².